The van der Waals surface area contributed by atoms with Crippen LogP contribution in [0.4, 0.5) is 0 Å². The quantitative estimate of drug-likeness (QED) is 0.883. The number of hydrogen-bond acceptors (Lipinski definition) is 4. The first-order valence-corrected chi connectivity index (χ1v) is 8.56. The lowest BCUT2D eigenvalue weighted by Gasteiger charge is -2.08. The molecule has 0 spiro atoms. The number of amides is 1. The summed E-state index contributed by atoms with van der Waals surface area (Å²) in [6, 6.07) is 9.15. The van der Waals surface area contributed by atoms with E-state index in [0.29, 0.717) is 0 Å². The van der Waals surface area contributed by atoms with Crippen LogP contribution in [0.2, 0.25) is 0 Å². The summed E-state index contributed by atoms with van der Waals surface area (Å²) in [6.45, 7) is 3.86. The number of rotatable bonds is 6. The van der Waals surface area contributed by atoms with Crippen molar-refractivity contribution in [1.82, 2.24) is 14.5 Å². The number of carbonyl (C=O) groups is 1. The first-order valence-electron chi connectivity index (χ1n) is 7.08. The summed E-state index contributed by atoms with van der Waals surface area (Å²) in [7, 11) is -3.88. The molecule has 0 fully saturated rings. The zero-order chi connectivity index (χ0) is 16.2. The van der Waals surface area contributed by atoms with Crippen LogP contribution in [0.25, 0.3) is 5.69 Å². The van der Waals surface area contributed by atoms with Gasteiger partial charge in [0.15, 0.2) is 0 Å². The summed E-state index contributed by atoms with van der Waals surface area (Å²) in [5.41, 5.74) is 0.745. The van der Waals surface area contributed by atoms with Gasteiger partial charge in [-0.25, -0.2) is 17.8 Å². The van der Waals surface area contributed by atoms with E-state index in [1.165, 1.54) is 17.1 Å². The van der Waals surface area contributed by atoms with Crippen LogP contribution in [0.3, 0.4) is 0 Å². The SMILES string of the molecule is CC[C@@H](C)CC(=O)NS(=O)(=O)c1cnn(-c2ccccc2)c1. The lowest BCUT2D eigenvalue weighted by atomic mass is 10.1. The van der Waals surface area contributed by atoms with Gasteiger partial charge in [0.2, 0.25) is 5.91 Å². The first kappa shape index (κ1) is 16.2. The Morgan fingerprint density at radius 3 is 2.64 bits per heavy atom. The van der Waals surface area contributed by atoms with Gasteiger partial charge in [-0.2, -0.15) is 5.10 Å². The van der Waals surface area contributed by atoms with Crippen LogP contribution in [0, 0.1) is 5.92 Å². The molecule has 0 aliphatic rings. The van der Waals surface area contributed by atoms with Gasteiger partial charge < -0.3 is 0 Å². The highest BCUT2D eigenvalue weighted by atomic mass is 32.2. The number of para-hydroxylation sites is 1. The van der Waals surface area contributed by atoms with Crippen molar-refractivity contribution in [1.29, 1.82) is 0 Å². The van der Waals surface area contributed by atoms with Gasteiger partial charge in [-0.3, -0.25) is 4.79 Å². The molecule has 6 nitrogen and oxygen atoms in total. The molecule has 118 valence electrons. The van der Waals surface area contributed by atoms with Crippen molar-refractivity contribution in [2.75, 3.05) is 0 Å². The molecular weight excluding hydrogens is 302 g/mol. The van der Waals surface area contributed by atoms with Crippen LogP contribution in [0.1, 0.15) is 26.7 Å². The average Bonchev–Trinajstić information content (AvgIpc) is 2.98. The number of carbonyl (C=O) groups excluding carboxylic acids is 1. The van der Waals surface area contributed by atoms with Gasteiger partial charge in [-0.1, -0.05) is 38.5 Å². The van der Waals surface area contributed by atoms with Gasteiger partial charge in [-0.05, 0) is 18.1 Å². The Hall–Kier alpha value is -2.15. The first-order chi connectivity index (χ1) is 10.4. The second kappa shape index (κ2) is 6.74. The number of sulfonamides is 1. The van der Waals surface area contributed by atoms with Crippen LogP contribution in [0.5, 0.6) is 0 Å². The maximum absolute atomic E-state index is 12.2. The lowest BCUT2D eigenvalue weighted by Crippen LogP contribution is -2.31. The highest BCUT2D eigenvalue weighted by molar-refractivity contribution is 7.90. The smallest absolute Gasteiger partial charge is 0.267 e. The van der Waals surface area contributed by atoms with E-state index in [0.717, 1.165) is 12.1 Å². The van der Waals surface area contributed by atoms with E-state index in [1.807, 2.05) is 44.2 Å². The Kier molecular flexibility index (Phi) is 4.97. The zero-order valence-corrected chi connectivity index (χ0v) is 13.4. The number of aromatic nitrogens is 2. The van der Waals surface area contributed by atoms with Crippen LogP contribution >= 0.6 is 0 Å². The molecule has 1 atom stereocenters. The number of nitrogens with one attached hydrogen (secondary N) is 1. The van der Waals surface area contributed by atoms with E-state index in [1.54, 1.807) is 0 Å². The van der Waals surface area contributed by atoms with Crippen LogP contribution < -0.4 is 4.72 Å². The maximum atomic E-state index is 12.2. The third-order valence-electron chi connectivity index (χ3n) is 3.37. The van der Waals surface area contributed by atoms with E-state index < -0.39 is 15.9 Å². The van der Waals surface area contributed by atoms with Gasteiger partial charge >= 0.3 is 0 Å². The number of benzene rings is 1. The molecule has 0 radical (unpaired) electrons. The largest absolute Gasteiger partial charge is 0.274 e. The second-order valence-electron chi connectivity index (χ2n) is 5.20. The van der Waals surface area contributed by atoms with Crippen molar-refractivity contribution in [3.8, 4) is 5.69 Å². The van der Waals surface area contributed by atoms with Crippen molar-refractivity contribution in [3.05, 3.63) is 42.7 Å². The van der Waals surface area contributed by atoms with E-state index in [4.69, 9.17) is 0 Å². The van der Waals surface area contributed by atoms with Gasteiger partial charge in [0.25, 0.3) is 10.0 Å². The molecule has 0 saturated heterocycles. The lowest BCUT2D eigenvalue weighted by molar-refractivity contribution is -0.120. The second-order valence-corrected chi connectivity index (χ2v) is 6.88. The minimum absolute atomic E-state index is 0.0335. The highest BCUT2D eigenvalue weighted by Crippen LogP contribution is 2.13. The molecule has 0 saturated carbocycles. The van der Waals surface area contributed by atoms with Gasteiger partial charge in [0.05, 0.1) is 18.1 Å². The molecule has 1 aromatic heterocycles. The van der Waals surface area contributed by atoms with Crippen molar-refractivity contribution in [2.24, 2.45) is 5.92 Å². The maximum Gasteiger partial charge on any atom is 0.267 e. The molecule has 1 N–H and O–H groups in total. The Morgan fingerprint density at radius 2 is 2.00 bits per heavy atom. The van der Waals surface area contributed by atoms with Crippen LogP contribution in [-0.4, -0.2) is 24.1 Å². The molecule has 0 bridgehead atoms. The Labute approximate surface area is 130 Å². The molecular formula is C15H19N3O3S. The monoisotopic (exact) mass is 321 g/mol. The fraction of sp³-hybridized carbons (Fsp3) is 0.333. The van der Waals surface area contributed by atoms with Crippen LogP contribution in [0.15, 0.2) is 47.6 Å². The summed E-state index contributed by atoms with van der Waals surface area (Å²) < 4.78 is 27.9. The average molecular weight is 321 g/mol. The Balaban J connectivity index is 2.14. The van der Waals surface area contributed by atoms with Crippen LogP contribution in [-0.2, 0) is 14.8 Å². The van der Waals surface area contributed by atoms with Crippen molar-refractivity contribution in [3.63, 3.8) is 0 Å². The van der Waals surface area contributed by atoms with E-state index in [2.05, 4.69) is 9.82 Å². The molecule has 0 aliphatic carbocycles. The number of nitrogens with zero attached hydrogens (tertiary/aromatic N) is 2. The Morgan fingerprint density at radius 1 is 1.32 bits per heavy atom. The molecule has 1 aromatic carbocycles. The van der Waals surface area contributed by atoms with Crippen molar-refractivity contribution in [2.45, 2.75) is 31.6 Å². The summed E-state index contributed by atoms with van der Waals surface area (Å²) in [5, 5.41) is 4.02. The van der Waals surface area contributed by atoms with Crippen molar-refractivity contribution < 1.29 is 13.2 Å². The molecule has 0 aliphatic heterocycles. The van der Waals surface area contributed by atoms with E-state index in [9.17, 15) is 13.2 Å². The molecule has 2 aromatic rings. The van der Waals surface area contributed by atoms with Crippen molar-refractivity contribution >= 4 is 15.9 Å². The molecule has 22 heavy (non-hydrogen) atoms. The van der Waals surface area contributed by atoms with Gasteiger partial charge in [-0.15, -0.1) is 0 Å². The zero-order valence-electron chi connectivity index (χ0n) is 12.6. The summed E-state index contributed by atoms with van der Waals surface area (Å²) in [4.78, 5) is 11.7. The minimum Gasteiger partial charge on any atom is -0.274 e. The fourth-order valence-corrected chi connectivity index (χ4v) is 2.80. The molecule has 0 unspecified atom stereocenters. The van der Waals surface area contributed by atoms with E-state index in [-0.39, 0.29) is 17.2 Å². The summed E-state index contributed by atoms with van der Waals surface area (Å²) in [5.74, 6) is -0.357. The molecule has 7 heteroatoms. The van der Waals surface area contributed by atoms with Gasteiger partial charge in [0, 0.05) is 6.42 Å². The predicted molar refractivity (Wildman–Crippen MR) is 83.0 cm³/mol. The molecule has 1 amide bonds. The predicted octanol–water partition coefficient (Wildman–Crippen LogP) is 2.11. The topological polar surface area (TPSA) is 81.1 Å². The normalized spacial score (nSPS) is 12.8. The number of hydrogen-bond donors (Lipinski definition) is 1. The van der Waals surface area contributed by atoms with Gasteiger partial charge in [0.1, 0.15) is 4.90 Å². The van der Waals surface area contributed by atoms with E-state index >= 15 is 0 Å². The summed E-state index contributed by atoms with van der Waals surface area (Å²) >= 11 is 0. The standard InChI is InChI=1S/C15H19N3O3S/c1-3-12(2)9-15(19)17-22(20,21)14-10-16-18(11-14)13-7-5-4-6-8-13/h4-8,10-12H,3,9H2,1-2H3,(H,17,19)/t12-/m1/s1. The minimum atomic E-state index is -3.88. The third-order valence-corrected chi connectivity index (χ3v) is 4.70. The third kappa shape index (κ3) is 3.94. The summed E-state index contributed by atoms with van der Waals surface area (Å²) in [6.07, 6.45) is 3.61. The molecule has 1 heterocycles. The molecule has 2 rings (SSSR count). The highest BCUT2D eigenvalue weighted by Gasteiger charge is 2.20. The Bertz CT molecular complexity index is 738. The fourth-order valence-electron chi connectivity index (χ4n) is 1.88.